The second-order valence-electron chi connectivity index (χ2n) is 6.44. The maximum Gasteiger partial charge on any atom is 0.227 e. The van der Waals surface area contributed by atoms with E-state index in [9.17, 15) is 4.79 Å². The van der Waals surface area contributed by atoms with Gasteiger partial charge in [0.15, 0.2) is 0 Å². The van der Waals surface area contributed by atoms with Crippen molar-refractivity contribution in [3.63, 3.8) is 0 Å². The summed E-state index contributed by atoms with van der Waals surface area (Å²) >= 11 is 1.65. The van der Waals surface area contributed by atoms with Crippen LogP contribution < -0.4 is 0 Å². The molecule has 0 aliphatic carbocycles. The number of fused-ring (bicyclic) bond motifs is 1. The third-order valence-corrected chi connectivity index (χ3v) is 5.51. The smallest absolute Gasteiger partial charge is 0.227 e. The molecule has 4 heteroatoms. The highest BCUT2D eigenvalue weighted by Crippen LogP contribution is 2.28. The summed E-state index contributed by atoms with van der Waals surface area (Å²) in [6.45, 7) is 1.65. The number of piperidine rings is 1. The number of benzene rings is 1. The fourth-order valence-corrected chi connectivity index (χ4v) is 4.12. The van der Waals surface area contributed by atoms with E-state index >= 15 is 0 Å². The van der Waals surface area contributed by atoms with Gasteiger partial charge in [0.05, 0.1) is 6.42 Å². The molecule has 1 amide bonds. The van der Waals surface area contributed by atoms with Crippen molar-refractivity contribution in [2.45, 2.75) is 25.2 Å². The summed E-state index contributed by atoms with van der Waals surface area (Å²) in [5.74, 6) is 0.577. The van der Waals surface area contributed by atoms with E-state index < -0.39 is 0 Å². The van der Waals surface area contributed by atoms with Gasteiger partial charge in [0.1, 0.15) is 0 Å². The molecule has 3 heterocycles. The lowest BCUT2D eigenvalue weighted by Gasteiger charge is -2.32. The fourth-order valence-electron chi connectivity index (χ4n) is 3.45. The second-order valence-corrected chi connectivity index (χ2v) is 7.22. The molecule has 3 nitrogen and oxygen atoms in total. The van der Waals surface area contributed by atoms with Crippen molar-refractivity contribution in [1.82, 2.24) is 9.88 Å². The molecule has 24 heavy (non-hydrogen) atoms. The van der Waals surface area contributed by atoms with Gasteiger partial charge in [-0.1, -0.05) is 24.3 Å². The van der Waals surface area contributed by atoms with E-state index in [1.54, 1.807) is 11.3 Å². The van der Waals surface area contributed by atoms with E-state index in [0.717, 1.165) is 37.2 Å². The van der Waals surface area contributed by atoms with Gasteiger partial charge in [-0.2, -0.15) is 11.3 Å². The van der Waals surface area contributed by atoms with Crippen molar-refractivity contribution >= 4 is 28.0 Å². The van der Waals surface area contributed by atoms with Crippen molar-refractivity contribution < 1.29 is 4.79 Å². The Morgan fingerprint density at radius 1 is 1.25 bits per heavy atom. The number of rotatable bonds is 3. The number of nitrogens with zero attached hydrogens (tertiary/aromatic N) is 2. The van der Waals surface area contributed by atoms with E-state index in [-0.39, 0.29) is 5.91 Å². The van der Waals surface area contributed by atoms with Gasteiger partial charge in [-0.15, -0.1) is 0 Å². The van der Waals surface area contributed by atoms with E-state index in [4.69, 9.17) is 0 Å². The highest BCUT2D eigenvalue weighted by Gasteiger charge is 2.25. The lowest BCUT2D eigenvalue weighted by Crippen LogP contribution is -2.40. The van der Waals surface area contributed by atoms with Gasteiger partial charge < -0.3 is 4.90 Å². The Kier molecular flexibility index (Phi) is 4.30. The Morgan fingerprint density at radius 2 is 2.12 bits per heavy atom. The van der Waals surface area contributed by atoms with Gasteiger partial charge >= 0.3 is 0 Å². The average molecular weight is 336 g/mol. The van der Waals surface area contributed by atoms with Crippen LogP contribution in [0.4, 0.5) is 0 Å². The van der Waals surface area contributed by atoms with E-state index in [1.165, 1.54) is 10.8 Å². The maximum atomic E-state index is 12.6. The number of hydrogen-bond donors (Lipinski definition) is 0. The molecular formula is C20H20N2OS. The van der Waals surface area contributed by atoms with Crippen molar-refractivity contribution in [3.8, 4) is 0 Å². The lowest BCUT2D eigenvalue weighted by atomic mass is 9.93. The molecule has 0 bridgehead atoms. The van der Waals surface area contributed by atoms with Crippen LogP contribution in [-0.4, -0.2) is 28.9 Å². The van der Waals surface area contributed by atoms with Crippen LogP contribution in [0.15, 0.2) is 53.4 Å². The minimum Gasteiger partial charge on any atom is -0.342 e. The Bertz CT molecular complexity index is 844. The number of aromatic nitrogens is 1. The van der Waals surface area contributed by atoms with Gasteiger partial charge in [-0.05, 0) is 46.7 Å². The molecule has 1 fully saturated rings. The third kappa shape index (κ3) is 3.20. The summed E-state index contributed by atoms with van der Waals surface area (Å²) < 4.78 is 0. The van der Waals surface area contributed by atoms with Crippen LogP contribution in [0.3, 0.4) is 0 Å². The van der Waals surface area contributed by atoms with Gasteiger partial charge in [0, 0.05) is 36.3 Å². The van der Waals surface area contributed by atoms with Crippen molar-refractivity contribution in [1.29, 1.82) is 0 Å². The summed E-state index contributed by atoms with van der Waals surface area (Å²) in [6, 6.07) is 12.5. The SMILES string of the molecule is O=C(Cc1ccsc1)N1CCCC(c2cc3ccccc3cn2)C1. The first-order valence-electron chi connectivity index (χ1n) is 8.43. The minimum absolute atomic E-state index is 0.235. The number of thiophene rings is 1. The summed E-state index contributed by atoms with van der Waals surface area (Å²) in [5, 5.41) is 6.48. The van der Waals surface area contributed by atoms with Crippen molar-refractivity contribution in [3.05, 3.63) is 64.6 Å². The fraction of sp³-hybridized carbons (Fsp3) is 0.300. The first-order chi connectivity index (χ1) is 11.8. The highest BCUT2D eigenvalue weighted by molar-refractivity contribution is 7.08. The predicted molar refractivity (Wildman–Crippen MR) is 98.3 cm³/mol. The molecule has 1 atom stereocenters. The molecule has 122 valence electrons. The van der Waals surface area contributed by atoms with E-state index in [1.807, 2.05) is 28.6 Å². The summed E-state index contributed by atoms with van der Waals surface area (Å²) in [5.41, 5.74) is 2.23. The van der Waals surface area contributed by atoms with Crippen LogP contribution in [0.1, 0.15) is 30.0 Å². The van der Waals surface area contributed by atoms with Crippen LogP contribution in [0.25, 0.3) is 10.8 Å². The number of carbonyl (C=O) groups excluding carboxylic acids is 1. The summed E-state index contributed by atoms with van der Waals surface area (Å²) in [6.07, 6.45) is 4.63. The number of hydrogen-bond acceptors (Lipinski definition) is 3. The number of amides is 1. The Morgan fingerprint density at radius 3 is 2.96 bits per heavy atom. The van der Waals surface area contributed by atoms with Gasteiger partial charge in [-0.25, -0.2) is 0 Å². The number of likely N-dealkylation sites (tertiary alicyclic amines) is 1. The minimum atomic E-state index is 0.235. The Balaban J connectivity index is 1.50. The van der Waals surface area contributed by atoms with Gasteiger partial charge in [0.25, 0.3) is 0 Å². The maximum absolute atomic E-state index is 12.6. The van der Waals surface area contributed by atoms with E-state index in [2.05, 4.69) is 34.6 Å². The van der Waals surface area contributed by atoms with Crippen LogP contribution in [0.2, 0.25) is 0 Å². The molecule has 0 saturated carbocycles. The van der Waals surface area contributed by atoms with Crippen LogP contribution in [0, 0.1) is 0 Å². The average Bonchev–Trinajstić information content (AvgIpc) is 3.14. The molecule has 4 rings (SSSR count). The van der Waals surface area contributed by atoms with E-state index in [0.29, 0.717) is 12.3 Å². The molecule has 0 radical (unpaired) electrons. The molecule has 3 aromatic rings. The predicted octanol–water partition coefficient (Wildman–Crippen LogP) is 4.25. The van der Waals surface area contributed by atoms with Gasteiger partial charge in [-0.3, -0.25) is 9.78 Å². The lowest BCUT2D eigenvalue weighted by molar-refractivity contribution is -0.131. The highest BCUT2D eigenvalue weighted by atomic mass is 32.1. The van der Waals surface area contributed by atoms with Crippen LogP contribution in [0.5, 0.6) is 0 Å². The molecular weight excluding hydrogens is 316 g/mol. The van der Waals surface area contributed by atoms with Gasteiger partial charge in [0.2, 0.25) is 5.91 Å². The monoisotopic (exact) mass is 336 g/mol. The Hall–Kier alpha value is -2.20. The molecule has 1 unspecified atom stereocenters. The Labute approximate surface area is 146 Å². The normalized spacial score (nSPS) is 18.0. The standard InChI is InChI=1S/C20H20N2OS/c23-20(10-15-7-9-24-14-15)22-8-3-6-18(13-22)19-11-16-4-1-2-5-17(16)12-21-19/h1-2,4-5,7,9,11-12,14,18H,3,6,8,10,13H2. The van der Waals surface area contributed by atoms with Crippen molar-refractivity contribution in [2.24, 2.45) is 0 Å². The third-order valence-electron chi connectivity index (χ3n) is 4.78. The molecule has 1 saturated heterocycles. The van der Waals surface area contributed by atoms with Crippen LogP contribution >= 0.6 is 11.3 Å². The molecule has 1 aromatic carbocycles. The topological polar surface area (TPSA) is 33.2 Å². The van der Waals surface area contributed by atoms with Crippen LogP contribution in [-0.2, 0) is 11.2 Å². The second kappa shape index (κ2) is 6.73. The first-order valence-corrected chi connectivity index (χ1v) is 9.37. The number of carbonyl (C=O) groups is 1. The summed E-state index contributed by atoms with van der Waals surface area (Å²) in [7, 11) is 0. The zero-order valence-electron chi connectivity index (χ0n) is 13.5. The van der Waals surface area contributed by atoms with Crippen molar-refractivity contribution in [2.75, 3.05) is 13.1 Å². The number of pyridine rings is 1. The quantitative estimate of drug-likeness (QED) is 0.716. The first kappa shape index (κ1) is 15.3. The summed E-state index contributed by atoms with van der Waals surface area (Å²) in [4.78, 5) is 19.2. The largest absolute Gasteiger partial charge is 0.342 e. The molecule has 0 N–H and O–H groups in total. The molecule has 0 spiro atoms. The molecule has 1 aliphatic heterocycles. The molecule has 2 aromatic heterocycles. The zero-order valence-corrected chi connectivity index (χ0v) is 14.3. The molecule has 1 aliphatic rings. The zero-order chi connectivity index (χ0) is 16.4.